The number of cyclic esters (lactones) is 1. The second-order valence-electron chi connectivity index (χ2n) is 6.26. The highest BCUT2D eigenvalue weighted by molar-refractivity contribution is 6.34. The number of esters is 1. The average molecular weight is 403 g/mol. The number of nitrogens with one attached hydrogen (secondary N) is 1. The van der Waals surface area contributed by atoms with Gasteiger partial charge in [0, 0.05) is 11.3 Å². The maximum atomic E-state index is 12.4. The van der Waals surface area contributed by atoms with Crippen molar-refractivity contribution in [3.8, 4) is 0 Å². The van der Waals surface area contributed by atoms with E-state index in [1.54, 1.807) is 48.5 Å². The molecule has 0 unspecified atom stereocenters. The quantitative estimate of drug-likeness (QED) is 0.496. The smallest absolute Gasteiger partial charge is 0.363 e. The number of hydrogen-bond donors (Lipinski definition) is 1. The van der Waals surface area contributed by atoms with E-state index in [4.69, 9.17) is 16.3 Å². The van der Waals surface area contributed by atoms with Crippen molar-refractivity contribution in [3.63, 3.8) is 0 Å². The van der Waals surface area contributed by atoms with E-state index < -0.39 is 5.97 Å². The lowest BCUT2D eigenvalue weighted by Crippen LogP contribution is -2.12. The summed E-state index contributed by atoms with van der Waals surface area (Å²) in [6, 6.07) is 23.1. The van der Waals surface area contributed by atoms with Gasteiger partial charge in [-0.15, -0.1) is 0 Å². The summed E-state index contributed by atoms with van der Waals surface area (Å²) < 4.78 is 5.26. The number of rotatable bonds is 4. The molecule has 0 saturated heterocycles. The van der Waals surface area contributed by atoms with E-state index in [9.17, 15) is 9.59 Å². The number of amides is 1. The first-order valence-corrected chi connectivity index (χ1v) is 9.22. The van der Waals surface area contributed by atoms with Crippen LogP contribution >= 0.6 is 11.6 Å². The number of ether oxygens (including phenoxy) is 1. The van der Waals surface area contributed by atoms with Crippen molar-refractivity contribution in [3.05, 3.63) is 106 Å². The van der Waals surface area contributed by atoms with E-state index in [2.05, 4.69) is 10.3 Å². The summed E-state index contributed by atoms with van der Waals surface area (Å²) in [5, 5.41) is 3.18. The highest BCUT2D eigenvalue weighted by Gasteiger charge is 2.23. The molecule has 29 heavy (non-hydrogen) atoms. The molecule has 0 fully saturated rings. The molecule has 0 spiro atoms. The van der Waals surface area contributed by atoms with Crippen molar-refractivity contribution >= 4 is 41.1 Å². The third kappa shape index (κ3) is 4.25. The summed E-state index contributed by atoms with van der Waals surface area (Å²) in [7, 11) is 0. The first kappa shape index (κ1) is 18.7. The van der Waals surface area contributed by atoms with Crippen LogP contribution in [0.15, 0.2) is 89.6 Å². The van der Waals surface area contributed by atoms with Gasteiger partial charge in [0.2, 0.25) is 5.90 Å². The molecule has 0 radical (unpaired) electrons. The molecule has 4 rings (SSSR count). The summed E-state index contributed by atoms with van der Waals surface area (Å²) in [4.78, 5) is 28.9. The Morgan fingerprint density at radius 1 is 0.966 bits per heavy atom. The minimum atomic E-state index is -0.519. The third-order valence-corrected chi connectivity index (χ3v) is 4.54. The lowest BCUT2D eigenvalue weighted by Gasteiger charge is -2.07. The van der Waals surface area contributed by atoms with Crippen molar-refractivity contribution < 1.29 is 14.3 Å². The fraction of sp³-hybridized carbons (Fsp3) is 0. The van der Waals surface area contributed by atoms with Gasteiger partial charge in [0.25, 0.3) is 5.91 Å². The monoisotopic (exact) mass is 402 g/mol. The van der Waals surface area contributed by atoms with Crippen LogP contribution in [0.1, 0.15) is 21.5 Å². The maximum absolute atomic E-state index is 12.4. The zero-order valence-corrected chi connectivity index (χ0v) is 15.9. The topological polar surface area (TPSA) is 67.8 Å². The van der Waals surface area contributed by atoms with Crippen LogP contribution in [-0.2, 0) is 9.53 Å². The predicted molar refractivity (Wildman–Crippen MR) is 113 cm³/mol. The Kier molecular flexibility index (Phi) is 5.22. The van der Waals surface area contributed by atoms with Crippen molar-refractivity contribution in [1.29, 1.82) is 0 Å². The van der Waals surface area contributed by atoms with Gasteiger partial charge < -0.3 is 10.1 Å². The summed E-state index contributed by atoms with van der Waals surface area (Å²) in [5.74, 6) is -0.565. The van der Waals surface area contributed by atoms with Crippen LogP contribution in [0, 0.1) is 0 Å². The van der Waals surface area contributed by atoms with E-state index >= 15 is 0 Å². The van der Waals surface area contributed by atoms with E-state index in [1.807, 2.05) is 36.4 Å². The van der Waals surface area contributed by atoms with Gasteiger partial charge in [0.05, 0.1) is 10.6 Å². The molecule has 3 aromatic carbocycles. The van der Waals surface area contributed by atoms with Crippen molar-refractivity contribution in [2.75, 3.05) is 5.32 Å². The maximum Gasteiger partial charge on any atom is 0.363 e. The Bertz CT molecular complexity index is 1150. The van der Waals surface area contributed by atoms with Gasteiger partial charge in [0.15, 0.2) is 5.70 Å². The zero-order chi connectivity index (χ0) is 20.2. The molecule has 6 heteroatoms. The summed E-state index contributed by atoms with van der Waals surface area (Å²) in [6.45, 7) is 0. The predicted octanol–water partition coefficient (Wildman–Crippen LogP) is 4.94. The molecule has 0 atom stereocenters. The normalized spacial score (nSPS) is 14.4. The SMILES string of the molecule is O=C1OC(c2ccccc2)=N/C1=C\c1cccc(NC(=O)c2ccccc2Cl)c1. The molecule has 3 aromatic rings. The van der Waals surface area contributed by atoms with Gasteiger partial charge in [0.1, 0.15) is 0 Å². The first-order valence-electron chi connectivity index (χ1n) is 8.84. The standard InChI is InChI=1S/C23H15ClN2O3/c24-19-12-5-4-11-18(19)21(27)25-17-10-6-7-15(13-17)14-20-23(28)29-22(26-20)16-8-2-1-3-9-16/h1-14H,(H,25,27)/b20-14-. The Labute approximate surface area is 172 Å². The number of anilines is 1. The van der Waals surface area contributed by atoms with Crippen LogP contribution in [0.5, 0.6) is 0 Å². The molecule has 1 heterocycles. The molecule has 0 saturated carbocycles. The zero-order valence-electron chi connectivity index (χ0n) is 15.1. The van der Waals surface area contributed by atoms with Crippen molar-refractivity contribution in [2.24, 2.45) is 4.99 Å². The Balaban J connectivity index is 1.56. The fourth-order valence-corrected chi connectivity index (χ4v) is 3.04. The Morgan fingerprint density at radius 2 is 1.72 bits per heavy atom. The molecular weight excluding hydrogens is 388 g/mol. The molecule has 1 amide bonds. The van der Waals surface area contributed by atoms with Gasteiger partial charge in [-0.1, -0.05) is 54.1 Å². The molecule has 0 aromatic heterocycles. The molecule has 5 nitrogen and oxygen atoms in total. The average Bonchev–Trinajstić information content (AvgIpc) is 3.09. The number of nitrogens with zero attached hydrogens (tertiary/aromatic N) is 1. The van der Waals surface area contributed by atoms with Crippen LogP contribution < -0.4 is 5.32 Å². The van der Waals surface area contributed by atoms with E-state index in [0.717, 1.165) is 5.56 Å². The third-order valence-electron chi connectivity index (χ3n) is 4.21. The van der Waals surface area contributed by atoms with Crippen LogP contribution in [0.3, 0.4) is 0 Å². The number of aliphatic imine (C=N–C) groups is 1. The second-order valence-corrected chi connectivity index (χ2v) is 6.67. The van der Waals surface area contributed by atoms with Crippen LogP contribution in [0.4, 0.5) is 5.69 Å². The Hall–Kier alpha value is -3.70. The minimum Gasteiger partial charge on any atom is -0.402 e. The molecule has 1 aliphatic rings. The second kappa shape index (κ2) is 8.12. The first-order chi connectivity index (χ1) is 14.1. The summed E-state index contributed by atoms with van der Waals surface area (Å²) >= 11 is 6.07. The summed E-state index contributed by atoms with van der Waals surface area (Å²) in [5.41, 5.74) is 2.58. The molecule has 1 aliphatic heterocycles. The molecular formula is C23H15ClN2O3. The number of carbonyl (C=O) groups is 2. The van der Waals surface area contributed by atoms with Gasteiger partial charge >= 0.3 is 5.97 Å². The van der Waals surface area contributed by atoms with Gasteiger partial charge in [-0.2, -0.15) is 0 Å². The number of benzene rings is 3. The number of carbonyl (C=O) groups excluding carboxylic acids is 2. The van der Waals surface area contributed by atoms with Crippen LogP contribution in [0.2, 0.25) is 5.02 Å². The lowest BCUT2D eigenvalue weighted by molar-refractivity contribution is -0.129. The molecule has 0 aliphatic carbocycles. The van der Waals surface area contributed by atoms with Gasteiger partial charge in [-0.3, -0.25) is 4.79 Å². The number of halogens is 1. The molecule has 142 valence electrons. The lowest BCUT2D eigenvalue weighted by atomic mass is 10.1. The highest BCUT2D eigenvalue weighted by Crippen LogP contribution is 2.22. The minimum absolute atomic E-state index is 0.193. The summed E-state index contributed by atoms with van der Waals surface area (Å²) in [6.07, 6.45) is 1.61. The fourth-order valence-electron chi connectivity index (χ4n) is 2.82. The number of hydrogen-bond acceptors (Lipinski definition) is 4. The molecule has 1 N–H and O–H groups in total. The van der Waals surface area contributed by atoms with Crippen LogP contribution in [-0.4, -0.2) is 17.8 Å². The van der Waals surface area contributed by atoms with Crippen molar-refractivity contribution in [1.82, 2.24) is 0 Å². The Morgan fingerprint density at radius 3 is 2.52 bits per heavy atom. The van der Waals surface area contributed by atoms with E-state index in [1.165, 1.54) is 0 Å². The highest BCUT2D eigenvalue weighted by atomic mass is 35.5. The van der Waals surface area contributed by atoms with Crippen LogP contribution in [0.25, 0.3) is 6.08 Å². The molecule has 0 bridgehead atoms. The van der Waals surface area contributed by atoms with E-state index in [-0.39, 0.29) is 17.5 Å². The van der Waals surface area contributed by atoms with Gasteiger partial charge in [-0.25, -0.2) is 9.79 Å². The van der Waals surface area contributed by atoms with Gasteiger partial charge in [-0.05, 0) is 48.0 Å². The largest absolute Gasteiger partial charge is 0.402 e. The van der Waals surface area contributed by atoms with E-state index in [0.29, 0.717) is 21.8 Å². The van der Waals surface area contributed by atoms with Crippen molar-refractivity contribution in [2.45, 2.75) is 0 Å².